The Morgan fingerprint density at radius 2 is 2.25 bits per heavy atom. The van der Waals surface area contributed by atoms with Crippen LogP contribution in [0.3, 0.4) is 0 Å². The Balaban J connectivity index is 2.20. The van der Waals surface area contributed by atoms with E-state index in [2.05, 4.69) is 5.32 Å². The first-order valence-electron chi connectivity index (χ1n) is 6.42. The van der Waals surface area contributed by atoms with Gasteiger partial charge in [0.1, 0.15) is 18.3 Å². The third-order valence-corrected chi connectivity index (χ3v) is 4.54. The maximum absolute atomic E-state index is 12.1. The van der Waals surface area contributed by atoms with E-state index < -0.39 is 15.0 Å². The van der Waals surface area contributed by atoms with Crippen LogP contribution in [-0.4, -0.2) is 27.5 Å². The van der Waals surface area contributed by atoms with Gasteiger partial charge in [-0.1, -0.05) is 13.3 Å². The first-order chi connectivity index (χ1) is 9.43. The van der Waals surface area contributed by atoms with Gasteiger partial charge < -0.3 is 10.1 Å². The highest BCUT2D eigenvalue weighted by atomic mass is 35.7. The van der Waals surface area contributed by atoms with Crippen molar-refractivity contribution in [2.45, 2.75) is 30.6 Å². The molecule has 0 aliphatic carbocycles. The molecule has 0 saturated carbocycles. The van der Waals surface area contributed by atoms with Crippen molar-refractivity contribution in [3.63, 3.8) is 0 Å². The first kappa shape index (κ1) is 15.1. The van der Waals surface area contributed by atoms with Crippen molar-refractivity contribution in [3.8, 4) is 5.75 Å². The monoisotopic (exact) mass is 317 g/mol. The van der Waals surface area contributed by atoms with Crippen LogP contribution in [0.2, 0.25) is 0 Å². The minimum atomic E-state index is -3.81. The number of carbonyl (C=O) groups excluding carboxylic acids is 1. The lowest BCUT2D eigenvalue weighted by atomic mass is 10.0. The maximum Gasteiger partial charge on any atom is 0.261 e. The maximum atomic E-state index is 12.1. The zero-order chi connectivity index (χ0) is 14.8. The summed E-state index contributed by atoms with van der Waals surface area (Å²) in [4.78, 5) is 12.1. The average molecular weight is 318 g/mol. The average Bonchev–Trinajstić information content (AvgIpc) is 2.80. The van der Waals surface area contributed by atoms with Crippen molar-refractivity contribution in [2.75, 3.05) is 13.2 Å². The number of amides is 1. The van der Waals surface area contributed by atoms with E-state index in [9.17, 15) is 13.2 Å². The minimum Gasteiger partial charge on any atom is -0.492 e. The van der Waals surface area contributed by atoms with Gasteiger partial charge in [-0.05, 0) is 24.6 Å². The fourth-order valence-corrected chi connectivity index (χ4v) is 2.86. The molecular weight excluding hydrogens is 302 g/mol. The van der Waals surface area contributed by atoms with Crippen LogP contribution in [0, 0.1) is 0 Å². The number of fused-ring (bicyclic) bond motifs is 1. The van der Waals surface area contributed by atoms with Crippen LogP contribution in [0.25, 0.3) is 0 Å². The molecule has 1 aromatic rings. The molecule has 1 aliphatic heterocycles. The van der Waals surface area contributed by atoms with Gasteiger partial charge in [0, 0.05) is 22.8 Å². The third-order valence-electron chi connectivity index (χ3n) is 3.19. The van der Waals surface area contributed by atoms with E-state index in [1.807, 2.05) is 6.92 Å². The lowest BCUT2D eigenvalue weighted by Crippen LogP contribution is -2.30. The molecule has 2 rings (SSSR count). The van der Waals surface area contributed by atoms with E-state index in [0.29, 0.717) is 17.9 Å². The summed E-state index contributed by atoms with van der Waals surface area (Å²) in [5, 5.41) is 2.82. The van der Waals surface area contributed by atoms with Gasteiger partial charge in [-0.15, -0.1) is 0 Å². The Labute approximate surface area is 122 Å². The highest BCUT2D eigenvalue weighted by Gasteiger charge is 2.31. The number of ether oxygens (including phenoxy) is 1. The summed E-state index contributed by atoms with van der Waals surface area (Å²) in [6.45, 7) is 2.87. The molecule has 1 aromatic carbocycles. The number of hydrogen-bond acceptors (Lipinski definition) is 4. The number of halogens is 1. The van der Waals surface area contributed by atoms with Crippen LogP contribution < -0.4 is 10.1 Å². The predicted octanol–water partition coefficient (Wildman–Crippen LogP) is 2.01. The molecule has 0 bridgehead atoms. The van der Waals surface area contributed by atoms with Crippen molar-refractivity contribution >= 4 is 25.6 Å². The summed E-state index contributed by atoms with van der Waals surface area (Å²) in [5.74, 6) is -0.105. The summed E-state index contributed by atoms with van der Waals surface area (Å²) >= 11 is 0. The molecule has 110 valence electrons. The van der Waals surface area contributed by atoms with Crippen molar-refractivity contribution in [1.82, 2.24) is 5.32 Å². The molecule has 1 unspecified atom stereocenters. The number of hydrogen-bond donors (Lipinski definition) is 1. The van der Waals surface area contributed by atoms with Gasteiger partial charge in [0.15, 0.2) is 0 Å². The van der Waals surface area contributed by atoms with Crippen molar-refractivity contribution in [1.29, 1.82) is 0 Å². The molecule has 1 aliphatic rings. The van der Waals surface area contributed by atoms with Crippen LogP contribution in [0.1, 0.15) is 31.2 Å². The van der Waals surface area contributed by atoms with E-state index >= 15 is 0 Å². The summed E-state index contributed by atoms with van der Waals surface area (Å²) < 4.78 is 28.1. The topological polar surface area (TPSA) is 72.5 Å². The molecule has 0 radical (unpaired) electrons. The minimum absolute atomic E-state index is 0.0187. The fourth-order valence-electron chi connectivity index (χ4n) is 2.07. The Hall–Kier alpha value is -1.27. The molecule has 1 atom stereocenters. The van der Waals surface area contributed by atoms with E-state index in [1.54, 1.807) is 0 Å². The zero-order valence-electron chi connectivity index (χ0n) is 11.1. The Kier molecular flexibility index (Phi) is 4.55. The number of benzene rings is 1. The molecule has 5 nitrogen and oxygen atoms in total. The Bertz CT molecular complexity index is 615. The molecule has 1 amide bonds. The second kappa shape index (κ2) is 6.01. The van der Waals surface area contributed by atoms with Gasteiger partial charge in [0.05, 0.1) is 4.90 Å². The SMILES string of the molecule is CCCCNC(=O)C1COc2ccc(S(=O)(=O)Cl)cc21. The quantitative estimate of drug-likeness (QED) is 0.666. The number of rotatable bonds is 5. The number of nitrogens with one attached hydrogen (secondary N) is 1. The lowest BCUT2D eigenvalue weighted by molar-refractivity contribution is -0.122. The van der Waals surface area contributed by atoms with Crippen molar-refractivity contribution < 1.29 is 17.9 Å². The largest absolute Gasteiger partial charge is 0.492 e. The second-order valence-corrected chi connectivity index (χ2v) is 7.21. The zero-order valence-corrected chi connectivity index (χ0v) is 12.6. The normalized spacial score (nSPS) is 17.4. The van der Waals surface area contributed by atoms with Crippen LogP contribution in [-0.2, 0) is 13.8 Å². The highest BCUT2D eigenvalue weighted by Crippen LogP contribution is 2.36. The van der Waals surface area contributed by atoms with Gasteiger partial charge in [0.25, 0.3) is 9.05 Å². The number of unbranched alkanes of at least 4 members (excludes halogenated alkanes) is 1. The number of carbonyl (C=O) groups is 1. The molecule has 0 fully saturated rings. The van der Waals surface area contributed by atoms with E-state index in [1.165, 1.54) is 18.2 Å². The molecule has 1 heterocycles. The van der Waals surface area contributed by atoms with Gasteiger partial charge in [-0.3, -0.25) is 4.79 Å². The van der Waals surface area contributed by atoms with E-state index in [-0.39, 0.29) is 17.4 Å². The molecule has 7 heteroatoms. The van der Waals surface area contributed by atoms with Gasteiger partial charge in [-0.2, -0.15) is 0 Å². The molecule has 0 aromatic heterocycles. The van der Waals surface area contributed by atoms with E-state index in [4.69, 9.17) is 15.4 Å². The van der Waals surface area contributed by atoms with Crippen molar-refractivity contribution in [2.24, 2.45) is 0 Å². The molecule has 0 saturated heterocycles. The standard InChI is InChI=1S/C13H16ClNO4S/c1-2-3-6-15-13(16)11-8-19-12-5-4-9(7-10(11)12)20(14,17)18/h4-5,7,11H,2-3,6,8H2,1H3,(H,15,16). The molecule has 0 spiro atoms. The summed E-state index contributed by atoms with van der Waals surface area (Å²) in [6, 6.07) is 4.32. The van der Waals surface area contributed by atoms with Crippen LogP contribution in [0.4, 0.5) is 0 Å². The fraction of sp³-hybridized carbons (Fsp3) is 0.462. The van der Waals surface area contributed by atoms with Crippen LogP contribution in [0.15, 0.2) is 23.1 Å². The Morgan fingerprint density at radius 1 is 1.50 bits per heavy atom. The highest BCUT2D eigenvalue weighted by molar-refractivity contribution is 8.13. The summed E-state index contributed by atoms with van der Waals surface area (Å²) in [6.07, 6.45) is 1.90. The summed E-state index contributed by atoms with van der Waals surface area (Å²) in [5.41, 5.74) is 0.570. The van der Waals surface area contributed by atoms with Crippen LogP contribution in [0.5, 0.6) is 5.75 Å². The van der Waals surface area contributed by atoms with Gasteiger partial charge in [-0.25, -0.2) is 8.42 Å². The van der Waals surface area contributed by atoms with E-state index in [0.717, 1.165) is 12.8 Å². The van der Waals surface area contributed by atoms with Gasteiger partial charge >= 0.3 is 0 Å². The third kappa shape index (κ3) is 3.24. The smallest absolute Gasteiger partial charge is 0.261 e. The second-order valence-electron chi connectivity index (χ2n) is 4.65. The van der Waals surface area contributed by atoms with Gasteiger partial charge in [0.2, 0.25) is 5.91 Å². The van der Waals surface area contributed by atoms with Crippen molar-refractivity contribution in [3.05, 3.63) is 23.8 Å². The molecular formula is C13H16ClNO4S. The molecule has 20 heavy (non-hydrogen) atoms. The van der Waals surface area contributed by atoms with Crippen LogP contribution >= 0.6 is 10.7 Å². The predicted molar refractivity (Wildman–Crippen MR) is 75.6 cm³/mol. The summed E-state index contributed by atoms with van der Waals surface area (Å²) in [7, 11) is 1.51. The lowest BCUT2D eigenvalue weighted by Gasteiger charge is -2.10. The Morgan fingerprint density at radius 3 is 2.90 bits per heavy atom. The molecule has 1 N–H and O–H groups in total. The first-order valence-corrected chi connectivity index (χ1v) is 8.73.